The first kappa shape index (κ1) is 21.9. The molecule has 3 amide bonds. The SMILES string of the molecule is CNC(=O)[C@@H]1CCCCNC(=O)CCCN[C@@H](CCc2ccccc2)C(=O)N1. The second-order valence-electron chi connectivity index (χ2n) is 7.16. The van der Waals surface area contributed by atoms with Gasteiger partial charge in [-0.25, -0.2) is 0 Å². The Hall–Kier alpha value is -2.41. The highest BCUT2D eigenvalue weighted by atomic mass is 16.2. The molecule has 1 saturated heterocycles. The fraction of sp³-hybridized carbons (Fsp3) is 0.571. The molecule has 0 spiro atoms. The molecule has 7 heteroatoms. The van der Waals surface area contributed by atoms with Crippen LogP contribution < -0.4 is 21.3 Å². The van der Waals surface area contributed by atoms with Crippen molar-refractivity contribution in [1.82, 2.24) is 21.3 Å². The van der Waals surface area contributed by atoms with Crippen molar-refractivity contribution in [3.8, 4) is 0 Å². The van der Waals surface area contributed by atoms with E-state index >= 15 is 0 Å². The van der Waals surface area contributed by atoms with Crippen LogP contribution in [0.5, 0.6) is 0 Å². The normalized spacial score (nSPS) is 22.5. The van der Waals surface area contributed by atoms with E-state index in [9.17, 15) is 14.4 Å². The minimum atomic E-state index is -0.558. The van der Waals surface area contributed by atoms with Gasteiger partial charge in [-0.05, 0) is 50.6 Å². The number of carbonyl (C=O) groups excluding carboxylic acids is 3. The average Bonchev–Trinajstić information content (AvgIpc) is 2.71. The van der Waals surface area contributed by atoms with Gasteiger partial charge in [0, 0.05) is 20.0 Å². The van der Waals surface area contributed by atoms with E-state index in [2.05, 4.69) is 21.3 Å². The van der Waals surface area contributed by atoms with Crippen molar-refractivity contribution in [3.05, 3.63) is 35.9 Å². The van der Waals surface area contributed by atoms with E-state index in [1.807, 2.05) is 30.3 Å². The summed E-state index contributed by atoms with van der Waals surface area (Å²) in [6, 6.07) is 9.05. The molecule has 1 aromatic rings. The zero-order valence-electron chi connectivity index (χ0n) is 16.6. The van der Waals surface area contributed by atoms with E-state index in [-0.39, 0.29) is 17.7 Å². The summed E-state index contributed by atoms with van der Waals surface area (Å²) in [5.41, 5.74) is 1.17. The third kappa shape index (κ3) is 7.68. The largest absolute Gasteiger partial charge is 0.357 e. The van der Waals surface area contributed by atoms with Crippen LogP contribution in [0.3, 0.4) is 0 Å². The van der Waals surface area contributed by atoms with Crippen molar-refractivity contribution in [2.24, 2.45) is 0 Å². The first-order valence-electron chi connectivity index (χ1n) is 10.2. The zero-order valence-corrected chi connectivity index (χ0v) is 16.6. The summed E-state index contributed by atoms with van der Waals surface area (Å²) in [4.78, 5) is 36.9. The van der Waals surface area contributed by atoms with E-state index in [0.717, 1.165) is 19.3 Å². The molecule has 7 nitrogen and oxygen atoms in total. The molecule has 1 aliphatic heterocycles. The minimum Gasteiger partial charge on any atom is -0.357 e. The van der Waals surface area contributed by atoms with Crippen molar-refractivity contribution in [1.29, 1.82) is 0 Å². The number of carbonyl (C=O) groups is 3. The number of amides is 3. The summed E-state index contributed by atoms with van der Waals surface area (Å²) in [7, 11) is 1.57. The molecular formula is C21H32N4O3. The van der Waals surface area contributed by atoms with Gasteiger partial charge < -0.3 is 21.3 Å². The lowest BCUT2D eigenvalue weighted by molar-refractivity contribution is -0.130. The number of rotatable bonds is 4. The molecule has 0 saturated carbocycles. The third-order valence-electron chi connectivity index (χ3n) is 4.97. The fourth-order valence-corrected chi connectivity index (χ4v) is 3.31. The monoisotopic (exact) mass is 388 g/mol. The van der Waals surface area contributed by atoms with Crippen LogP contribution in [-0.4, -0.2) is 49.9 Å². The molecule has 1 aliphatic rings. The summed E-state index contributed by atoms with van der Waals surface area (Å²) in [6.45, 7) is 1.17. The number of likely N-dealkylation sites (N-methyl/N-ethyl adjacent to an activating group) is 1. The Bertz CT molecular complexity index is 636. The van der Waals surface area contributed by atoms with Crippen molar-refractivity contribution in [2.45, 2.75) is 57.0 Å². The lowest BCUT2D eigenvalue weighted by atomic mass is 10.0. The minimum absolute atomic E-state index is 0.0343. The Kier molecular flexibility index (Phi) is 9.48. The summed E-state index contributed by atoms with van der Waals surface area (Å²) in [6.07, 6.45) is 4.58. The van der Waals surface area contributed by atoms with Crippen LogP contribution in [0.4, 0.5) is 0 Å². The third-order valence-corrected chi connectivity index (χ3v) is 4.97. The number of aryl methyl sites for hydroxylation is 1. The van der Waals surface area contributed by atoms with Gasteiger partial charge in [-0.2, -0.15) is 0 Å². The smallest absolute Gasteiger partial charge is 0.242 e. The second kappa shape index (κ2) is 12.1. The summed E-state index contributed by atoms with van der Waals surface area (Å²) >= 11 is 0. The predicted octanol–water partition coefficient (Wildman–Crippen LogP) is 0.889. The van der Waals surface area contributed by atoms with Crippen LogP contribution in [0, 0.1) is 0 Å². The average molecular weight is 389 g/mol. The maximum atomic E-state index is 12.9. The van der Waals surface area contributed by atoms with E-state index in [4.69, 9.17) is 0 Å². The van der Waals surface area contributed by atoms with Crippen molar-refractivity contribution in [2.75, 3.05) is 20.1 Å². The molecule has 0 radical (unpaired) electrons. The van der Waals surface area contributed by atoms with Crippen LogP contribution in [0.1, 0.15) is 44.1 Å². The van der Waals surface area contributed by atoms with Gasteiger partial charge in [-0.15, -0.1) is 0 Å². The van der Waals surface area contributed by atoms with Gasteiger partial charge in [0.2, 0.25) is 17.7 Å². The van der Waals surface area contributed by atoms with Crippen LogP contribution in [0.2, 0.25) is 0 Å². The molecule has 0 aromatic heterocycles. The van der Waals surface area contributed by atoms with Crippen molar-refractivity contribution < 1.29 is 14.4 Å². The highest BCUT2D eigenvalue weighted by molar-refractivity contribution is 5.89. The van der Waals surface area contributed by atoms with Crippen molar-refractivity contribution in [3.63, 3.8) is 0 Å². The number of nitrogens with one attached hydrogen (secondary N) is 4. The topological polar surface area (TPSA) is 99.3 Å². The summed E-state index contributed by atoms with van der Waals surface area (Å²) in [5.74, 6) is -0.315. The summed E-state index contributed by atoms with van der Waals surface area (Å²) in [5, 5.41) is 11.7. The predicted molar refractivity (Wildman–Crippen MR) is 109 cm³/mol. The second-order valence-corrected chi connectivity index (χ2v) is 7.16. The molecule has 2 rings (SSSR count). The Balaban J connectivity index is 2.04. The molecule has 1 heterocycles. The molecule has 1 fully saturated rings. The Morgan fingerprint density at radius 2 is 1.89 bits per heavy atom. The van der Waals surface area contributed by atoms with Gasteiger partial charge in [0.15, 0.2) is 0 Å². The Morgan fingerprint density at radius 3 is 2.64 bits per heavy atom. The Labute approximate surface area is 167 Å². The highest BCUT2D eigenvalue weighted by Gasteiger charge is 2.24. The fourth-order valence-electron chi connectivity index (χ4n) is 3.31. The first-order chi connectivity index (χ1) is 13.6. The molecule has 4 N–H and O–H groups in total. The van der Waals surface area contributed by atoms with E-state index < -0.39 is 12.1 Å². The number of hydrogen-bond donors (Lipinski definition) is 4. The molecular weight excluding hydrogens is 356 g/mol. The molecule has 0 aliphatic carbocycles. The molecule has 2 atom stereocenters. The number of hydrogen-bond acceptors (Lipinski definition) is 4. The van der Waals surface area contributed by atoms with E-state index in [1.54, 1.807) is 7.05 Å². The van der Waals surface area contributed by atoms with E-state index in [1.165, 1.54) is 5.56 Å². The van der Waals surface area contributed by atoms with Crippen LogP contribution in [0.15, 0.2) is 30.3 Å². The van der Waals surface area contributed by atoms with Gasteiger partial charge >= 0.3 is 0 Å². The van der Waals surface area contributed by atoms with Gasteiger partial charge in [-0.1, -0.05) is 30.3 Å². The summed E-state index contributed by atoms with van der Waals surface area (Å²) < 4.78 is 0. The molecule has 0 unspecified atom stereocenters. The first-order valence-corrected chi connectivity index (χ1v) is 10.2. The Morgan fingerprint density at radius 1 is 1.11 bits per heavy atom. The van der Waals surface area contributed by atoms with E-state index in [0.29, 0.717) is 38.8 Å². The molecule has 28 heavy (non-hydrogen) atoms. The van der Waals surface area contributed by atoms with Gasteiger partial charge in [-0.3, -0.25) is 14.4 Å². The quantitative estimate of drug-likeness (QED) is 0.616. The molecule has 154 valence electrons. The lowest BCUT2D eigenvalue weighted by Gasteiger charge is -2.23. The number of benzene rings is 1. The highest BCUT2D eigenvalue weighted by Crippen LogP contribution is 2.08. The standard InChI is InChI=1S/C21H32N4O3/c1-22-20(27)18-10-5-6-14-24-19(26)11-7-15-23-17(21(28)25-18)13-12-16-8-3-2-4-9-16/h2-4,8-9,17-18,23H,5-7,10-15H2,1H3,(H,22,27)(H,24,26)(H,25,28)/t17-,18-/m0/s1. The maximum absolute atomic E-state index is 12.9. The van der Waals surface area contributed by atoms with Crippen molar-refractivity contribution >= 4 is 17.7 Å². The van der Waals surface area contributed by atoms with Gasteiger partial charge in [0.1, 0.15) is 6.04 Å². The van der Waals surface area contributed by atoms with Crippen LogP contribution in [-0.2, 0) is 20.8 Å². The van der Waals surface area contributed by atoms with Gasteiger partial charge in [0.05, 0.1) is 6.04 Å². The molecule has 0 bridgehead atoms. The van der Waals surface area contributed by atoms with Crippen LogP contribution >= 0.6 is 0 Å². The zero-order chi connectivity index (χ0) is 20.2. The molecule has 1 aromatic carbocycles. The maximum Gasteiger partial charge on any atom is 0.242 e. The van der Waals surface area contributed by atoms with Gasteiger partial charge in [0.25, 0.3) is 0 Å². The lowest BCUT2D eigenvalue weighted by Crippen LogP contribution is -2.52. The van der Waals surface area contributed by atoms with Crippen LogP contribution in [0.25, 0.3) is 0 Å².